The minimum atomic E-state index is -0.927. The Balaban J connectivity index is 1.80. The molecular formula is C20H21N5O3. The average molecular weight is 379 g/mol. The van der Waals surface area contributed by atoms with E-state index in [4.69, 9.17) is 5.11 Å². The fourth-order valence-electron chi connectivity index (χ4n) is 2.87. The summed E-state index contributed by atoms with van der Waals surface area (Å²) in [4.78, 5) is 25.1. The highest BCUT2D eigenvalue weighted by molar-refractivity contribution is 5.94. The Morgan fingerprint density at radius 3 is 2.54 bits per heavy atom. The fourth-order valence-corrected chi connectivity index (χ4v) is 2.87. The third-order valence-corrected chi connectivity index (χ3v) is 4.16. The largest absolute Gasteiger partial charge is 0.481 e. The molecule has 1 atom stereocenters. The van der Waals surface area contributed by atoms with E-state index in [0.717, 1.165) is 5.56 Å². The molecule has 0 bridgehead atoms. The molecule has 1 heterocycles. The van der Waals surface area contributed by atoms with Crippen molar-refractivity contribution in [3.63, 3.8) is 0 Å². The van der Waals surface area contributed by atoms with Crippen molar-refractivity contribution in [1.29, 1.82) is 0 Å². The third-order valence-electron chi connectivity index (χ3n) is 4.16. The quantitative estimate of drug-likeness (QED) is 0.653. The number of nitrogens with one attached hydrogen (secondary N) is 1. The zero-order valence-electron chi connectivity index (χ0n) is 15.6. The van der Waals surface area contributed by atoms with Gasteiger partial charge in [-0.25, -0.2) is 0 Å². The summed E-state index contributed by atoms with van der Waals surface area (Å²) < 4.78 is 0. The molecule has 1 amide bonds. The van der Waals surface area contributed by atoms with E-state index in [9.17, 15) is 9.59 Å². The summed E-state index contributed by atoms with van der Waals surface area (Å²) in [6.07, 6.45) is -0.109. The van der Waals surface area contributed by atoms with Gasteiger partial charge < -0.3 is 10.4 Å². The van der Waals surface area contributed by atoms with Crippen LogP contribution in [0.1, 0.15) is 25.5 Å². The maximum absolute atomic E-state index is 12.9. The van der Waals surface area contributed by atoms with Crippen molar-refractivity contribution >= 4 is 17.6 Å². The predicted molar refractivity (Wildman–Crippen MR) is 104 cm³/mol. The highest BCUT2D eigenvalue weighted by Gasteiger charge is 2.27. The van der Waals surface area contributed by atoms with Crippen LogP contribution in [-0.4, -0.2) is 37.2 Å². The number of benzene rings is 2. The number of carbonyl (C=O) groups excluding carboxylic acids is 1. The minimum Gasteiger partial charge on any atom is -0.481 e. The molecule has 0 radical (unpaired) electrons. The van der Waals surface area contributed by atoms with Crippen LogP contribution in [0.15, 0.2) is 54.6 Å². The van der Waals surface area contributed by atoms with Gasteiger partial charge in [-0.1, -0.05) is 56.3 Å². The van der Waals surface area contributed by atoms with Gasteiger partial charge in [-0.15, -0.1) is 10.2 Å². The molecule has 0 aliphatic heterocycles. The molecule has 144 valence electrons. The molecule has 1 aromatic heterocycles. The number of hydrogen-bond donors (Lipinski definition) is 2. The Labute approximate surface area is 162 Å². The van der Waals surface area contributed by atoms with Crippen molar-refractivity contribution in [2.75, 3.05) is 5.32 Å². The predicted octanol–water partition coefficient (Wildman–Crippen LogP) is 2.80. The van der Waals surface area contributed by atoms with E-state index in [2.05, 4.69) is 20.7 Å². The summed E-state index contributed by atoms with van der Waals surface area (Å²) in [5.74, 6) is -0.856. The van der Waals surface area contributed by atoms with Crippen LogP contribution in [0.25, 0.3) is 11.4 Å². The van der Waals surface area contributed by atoms with E-state index in [0.29, 0.717) is 17.1 Å². The molecular weight excluding hydrogens is 358 g/mol. The van der Waals surface area contributed by atoms with Gasteiger partial charge in [0.05, 0.1) is 6.42 Å². The Morgan fingerprint density at radius 1 is 1.11 bits per heavy atom. The Kier molecular flexibility index (Phi) is 5.78. The van der Waals surface area contributed by atoms with E-state index >= 15 is 0 Å². The minimum absolute atomic E-state index is 0.0833. The Hall–Kier alpha value is -3.55. The van der Waals surface area contributed by atoms with Crippen molar-refractivity contribution in [3.8, 4) is 11.4 Å². The van der Waals surface area contributed by atoms with Gasteiger partial charge in [0.1, 0.15) is 0 Å². The van der Waals surface area contributed by atoms with Crippen molar-refractivity contribution in [3.05, 3.63) is 60.2 Å². The lowest BCUT2D eigenvalue weighted by molar-refractivity contribution is -0.136. The summed E-state index contributed by atoms with van der Waals surface area (Å²) in [5.41, 5.74) is 1.95. The molecule has 3 rings (SSSR count). The van der Waals surface area contributed by atoms with Crippen LogP contribution in [0.2, 0.25) is 0 Å². The molecule has 0 saturated carbocycles. The monoisotopic (exact) mass is 379 g/mol. The number of rotatable bonds is 7. The summed E-state index contributed by atoms with van der Waals surface area (Å²) in [6, 6.07) is 15.5. The number of carbonyl (C=O) groups is 2. The topological polar surface area (TPSA) is 110 Å². The molecule has 3 aromatic rings. The van der Waals surface area contributed by atoms with E-state index in [1.54, 1.807) is 24.3 Å². The number of carboxylic acids is 1. The van der Waals surface area contributed by atoms with E-state index in [1.807, 2.05) is 44.2 Å². The van der Waals surface area contributed by atoms with Crippen molar-refractivity contribution in [2.24, 2.45) is 5.92 Å². The number of tetrazole rings is 1. The second-order valence-electron chi connectivity index (χ2n) is 6.75. The number of amides is 1. The molecule has 2 N–H and O–H groups in total. The number of hydrogen-bond acceptors (Lipinski definition) is 5. The van der Waals surface area contributed by atoms with Crippen molar-refractivity contribution in [1.82, 2.24) is 20.2 Å². The second kappa shape index (κ2) is 8.43. The van der Waals surface area contributed by atoms with Gasteiger partial charge in [-0.05, 0) is 28.8 Å². The first kappa shape index (κ1) is 19.2. The molecule has 0 spiro atoms. The number of anilines is 1. The highest BCUT2D eigenvalue weighted by Crippen LogP contribution is 2.21. The fraction of sp³-hybridized carbons (Fsp3) is 0.250. The first-order valence-corrected chi connectivity index (χ1v) is 8.90. The summed E-state index contributed by atoms with van der Waals surface area (Å²) >= 11 is 0. The molecule has 2 aromatic carbocycles. The van der Waals surface area contributed by atoms with Crippen molar-refractivity contribution in [2.45, 2.75) is 26.3 Å². The third kappa shape index (κ3) is 4.59. The first-order chi connectivity index (χ1) is 13.4. The van der Waals surface area contributed by atoms with Gasteiger partial charge in [-0.3, -0.25) is 9.59 Å². The number of aromatic nitrogens is 4. The van der Waals surface area contributed by atoms with Gasteiger partial charge in [0.25, 0.3) is 5.91 Å². The van der Waals surface area contributed by atoms with E-state index in [1.165, 1.54) is 4.80 Å². The van der Waals surface area contributed by atoms with Crippen LogP contribution in [-0.2, 0) is 16.0 Å². The van der Waals surface area contributed by atoms with Crippen LogP contribution in [0.3, 0.4) is 0 Å². The lowest BCUT2D eigenvalue weighted by Crippen LogP contribution is -2.31. The molecule has 8 heteroatoms. The van der Waals surface area contributed by atoms with Crippen LogP contribution < -0.4 is 5.32 Å². The molecule has 1 unspecified atom stereocenters. The van der Waals surface area contributed by atoms with Gasteiger partial charge in [0, 0.05) is 11.3 Å². The van der Waals surface area contributed by atoms with Gasteiger partial charge >= 0.3 is 5.97 Å². The molecule has 28 heavy (non-hydrogen) atoms. The normalized spacial score (nSPS) is 12.0. The Morgan fingerprint density at radius 2 is 1.86 bits per heavy atom. The molecule has 0 saturated heterocycles. The van der Waals surface area contributed by atoms with Gasteiger partial charge in [0.2, 0.25) is 5.82 Å². The lowest BCUT2D eigenvalue weighted by Gasteiger charge is -2.19. The van der Waals surface area contributed by atoms with Crippen molar-refractivity contribution < 1.29 is 14.7 Å². The second-order valence-corrected chi connectivity index (χ2v) is 6.75. The standard InChI is InChI=1S/C20H21N5O3/c1-13(2)18(25-23-19(22-24-25)15-8-4-3-5-9-15)20(28)21-16-10-6-7-14(11-16)12-17(26)27/h3-11,13,18H,12H2,1-2H3,(H,21,28)(H,26,27). The summed E-state index contributed by atoms with van der Waals surface area (Å²) in [7, 11) is 0. The van der Waals surface area contributed by atoms with E-state index < -0.39 is 12.0 Å². The lowest BCUT2D eigenvalue weighted by atomic mass is 10.0. The van der Waals surface area contributed by atoms with Crippen LogP contribution in [0.4, 0.5) is 5.69 Å². The maximum atomic E-state index is 12.9. The zero-order valence-corrected chi connectivity index (χ0v) is 15.6. The molecule has 8 nitrogen and oxygen atoms in total. The highest BCUT2D eigenvalue weighted by atomic mass is 16.4. The van der Waals surface area contributed by atoms with Crippen LogP contribution >= 0.6 is 0 Å². The number of nitrogens with zero attached hydrogens (tertiary/aromatic N) is 4. The molecule has 0 aliphatic rings. The molecule has 0 fully saturated rings. The van der Waals surface area contributed by atoms with Gasteiger partial charge in [0.15, 0.2) is 6.04 Å². The number of aliphatic carboxylic acids is 1. The number of carboxylic acid groups (broad SMARTS) is 1. The Bertz CT molecular complexity index is 969. The first-order valence-electron chi connectivity index (χ1n) is 8.90. The zero-order chi connectivity index (χ0) is 20.1. The van der Waals surface area contributed by atoms with Crippen LogP contribution in [0, 0.1) is 5.92 Å². The summed E-state index contributed by atoms with van der Waals surface area (Å²) in [6.45, 7) is 3.80. The van der Waals surface area contributed by atoms with Crippen LogP contribution in [0.5, 0.6) is 0 Å². The van der Waals surface area contributed by atoms with Gasteiger partial charge in [-0.2, -0.15) is 4.80 Å². The molecule has 0 aliphatic carbocycles. The SMILES string of the molecule is CC(C)C(C(=O)Nc1cccc(CC(=O)O)c1)n1nnc(-c2ccccc2)n1. The summed E-state index contributed by atoms with van der Waals surface area (Å²) in [5, 5.41) is 24.3. The average Bonchev–Trinajstić information content (AvgIpc) is 3.11. The van der Waals surface area contributed by atoms with E-state index in [-0.39, 0.29) is 18.2 Å². The maximum Gasteiger partial charge on any atom is 0.307 e. The smallest absolute Gasteiger partial charge is 0.307 e.